The van der Waals surface area contributed by atoms with Gasteiger partial charge in [-0.05, 0) is 44.0 Å². The van der Waals surface area contributed by atoms with Crippen molar-refractivity contribution < 1.29 is 0 Å². The van der Waals surface area contributed by atoms with E-state index in [1.807, 2.05) is 37.1 Å². The van der Waals surface area contributed by atoms with E-state index in [1.54, 1.807) is 0 Å². The standard InChI is InChI=1S/C15H20N4/c1-12-9-14(18(2)17-12)11-19-8-4-6-15(19)13-5-3-7-16-10-13/h3,5,7,9-10,15H,4,6,8,11H2,1-2H3. The molecule has 19 heavy (non-hydrogen) atoms. The molecule has 0 saturated carbocycles. The molecule has 4 heteroatoms. The summed E-state index contributed by atoms with van der Waals surface area (Å²) in [6.07, 6.45) is 6.32. The molecule has 3 rings (SSSR count). The summed E-state index contributed by atoms with van der Waals surface area (Å²) in [4.78, 5) is 6.78. The largest absolute Gasteiger partial charge is 0.290 e. The predicted molar refractivity (Wildman–Crippen MR) is 74.6 cm³/mol. The molecule has 1 unspecified atom stereocenters. The lowest BCUT2D eigenvalue weighted by molar-refractivity contribution is 0.241. The van der Waals surface area contributed by atoms with Gasteiger partial charge in [-0.15, -0.1) is 0 Å². The van der Waals surface area contributed by atoms with E-state index >= 15 is 0 Å². The van der Waals surface area contributed by atoms with Crippen LogP contribution in [0.5, 0.6) is 0 Å². The number of aromatic nitrogens is 3. The van der Waals surface area contributed by atoms with Gasteiger partial charge in [-0.25, -0.2) is 0 Å². The Labute approximate surface area is 114 Å². The number of aryl methyl sites for hydroxylation is 2. The summed E-state index contributed by atoms with van der Waals surface area (Å²) in [6.45, 7) is 4.17. The molecule has 1 atom stereocenters. The van der Waals surface area contributed by atoms with Gasteiger partial charge in [-0.1, -0.05) is 6.07 Å². The van der Waals surface area contributed by atoms with Gasteiger partial charge in [-0.3, -0.25) is 14.6 Å². The molecule has 0 amide bonds. The van der Waals surface area contributed by atoms with Crippen LogP contribution in [0.4, 0.5) is 0 Å². The molecular weight excluding hydrogens is 236 g/mol. The zero-order chi connectivity index (χ0) is 13.2. The normalized spacial score (nSPS) is 20.0. The van der Waals surface area contributed by atoms with Gasteiger partial charge in [0.05, 0.1) is 11.4 Å². The van der Waals surface area contributed by atoms with Crippen molar-refractivity contribution in [3.63, 3.8) is 0 Å². The number of hydrogen-bond acceptors (Lipinski definition) is 3. The number of pyridine rings is 1. The highest BCUT2D eigenvalue weighted by atomic mass is 15.3. The van der Waals surface area contributed by atoms with E-state index in [0.29, 0.717) is 6.04 Å². The first kappa shape index (κ1) is 12.4. The fraction of sp³-hybridized carbons (Fsp3) is 0.467. The first-order chi connectivity index (χ1) is 9.24. The molecule has 1 fully saturated rings. The van der Waals surface area contributed by atoms with Gasteiger partial charge in [0, 0.05) is 32.0 Å². The average Bonchev–Trinajstić information content (AvgIpc) is 2.98. The summed E-state index contributed by atoms with van der Waals surface area (Å²) >= 11 is 0. The molecule has 0 radical (unpaired) electrons. The van der Waals surface area contributed by atoms with Crippen LogP contribution in [0.25, 0.3) is 0 Å². The number of likely N-dealkylation sites (tertiary alicyclic amines) is 1. The third kappa shape index (κ3) is 2.54. The van der Waals surface area contributed by atoms with E-state index in [4.69, 9.17) is 0 Å². The molecule has 2 aromatic rings. The van der Waals surface area contributed by atoms with Crippen molar-refractivity contribution in [3.05, 3.63) is 47.5 Å². The van der Waals surface area contributed by atoms with E-state index in [0.717, 1.165) is 18.8 Å². The summed E-state index contributed by atoms with van der Waals surface area (Å²) in [5.41, 5.74) is 3.71. The van der Waals surface area contributed by atoms with E-state index in [9.17, 15) is 0 Å². The molecule has 0 spiro atoms. The Balaban J connectivity index is 1.79. The molecule has 100 valence electrons. The zero-order valence-electron chi connectivity index (χ0n) is 11.6. The Morgan fingerprint density at radius 1 is 1.42 bits per heavy atom. The molecule has 0 N–H and O–H groups in total. The molecule has 1 aliphatic rings. The second kappa shape index (κ2) is 5.13. The van der Waals surface area contributed by atoms with Crippen LogP contribution in [0, 0.1) is 6.92 Å². The van der Waals surface area contributed by atoms with Crippen LogP contribution >= 0.6 is 0 Å². The van der Waals surface area contributed by atoms with Crippen molar-refractivity contribution >= 4 is 0 Å². The molecule has 1 saturated heterocycles. The highest BCUT2D eigenvalue weighted by Gasteiger charge is 2.26. The van der Waals surface area contributed by atoms with Gasteiger partial charge in [0.15, 0.2) is 0 Å². The summed E-state index contributed by atoms with van der Waals surface area (Å²) in [6, 6.07) is 6.90. The van der Waals surface area contributed by atoms with Gasteiger partial charge in [-0.2, -0.15) is 5.10 Å². The molecule has 0 aliphatic carbocycles. The Morgan fingerprint density at radius 3 is 3.00 bits per heavy atom. The van der Waals surface area contributed by atoms with Crippen LogP contribution in [0.1, 0.15) is 35.8 Å². The molecule has 0 bridgehead atoms. The van der Waals surface area contributed by atoms with Crippen LogP contribution in [0.2, 0.25) is 0 Å². The van der Waals surface area contributed by atoms with E-state index < -0.39 is 0 Å². The second-order valence-corrected chi connectivity index (χ2v) is 5.32. The summed E-state index contributed by atoms with van der Waals surface area (Å²) in [5, 5.41) is 4.43. The van der Waals surface area contributed by atoms with E-state index in [-0.39, 0.29) is 0 Å². The van der Waals surface area contributed by atoms with Gasteiger partial charge >= 0.3 is 0 Å². The Hall–Kier alpha value is -1.68. The fourth-order valence-electron chi connectivity index (χ4n) is 2.99. The van der Waals surface area contributed by atoms with Gasteiger partial charge in [0.1, 0.15) is 0 Å². The first-order valence-electron chi connectivity index (χ1n) is 6.87. The van der Waals surface area contributed by atoms with Crippen LogP contribution in [0.15, 0.2) is 30.6 Å². The molecule has 4 nitrogen and oxygen atoms in total. The molecular formula is C15H20N4. The third-order valence-electron chi connectivity index (χ3n) is 3.90. The van der Waals surface area contributed by atoms with Crippen molar-refractivity contribution in [3.8, 4) is 0 Å². The minimum atomic E-state index is 0.504. The third-order valence-corrected chi connectivity index (χ3v) is 3.90. The Bertz CT molecular complexity index is 547. The van der Waals surface area contributed by atoms with Gasteiger partial charge in [0.25, 0.3) is 0 Å². The summed E-state index contributed by atoms with van der Waals surface area (Å²) in [7, 11) is 2.03. The SMILES string of the molecule is Cc1cc(CN2CCCC2c2cccnc2)n(C)n1. The fourth-order valence-corrected chi connectivity index (χ4v) is 2.99. The van der Waals surface area contributed by atoms with Crippen molar-refractivity contribution in [1.82, 2.24) is 19.7 Å². The first-order valence-corrected chi connectivity index (χ1v) is 6.87. The molecule has 2 aromatic heterocycles. The Morgan fingerprint density at radius 2 is 2.32 bits per heavy atom. The summed E-state index contributed by atoms with van der Waals surface area (Å²) in [5.74, 6) is 0. The highest BCUT2D eigenvalue weighted by Crippen LogP contribution is 2.32. The molecule has 3 heterocycles. The monoisotopic (exact) mass is 256 g/mol. The minimum Gasteiger partial charge on any atom is -0.290 e. The highest BCUT2D eigenvalue weighted by molar-refractivity contribution is 5.16. The number of nitrogens with zero attached hydrogens (tertiary/aromatic N) is 4. The van der Waals surface area contributed by atoms with Crippen LogP contribution < -0.4 is 0 Å². The van der Waals surface area contributed by atoms with Crippen molar-refractivity contribution in [1.29, 1.82) is 0 Å². The Kier molecular flexibility index (Phi) is 3.34. The topological polar surface area (TPSA) is 34.0 Å². The maximum absolute atomic E-state index is 4.43. The van der Waals surface area contributed by atoms with Crippen molar-refractivity contribution in [2.24, 2.45) is 7.05 Å². The van der Waals surface area contributed by atoms with Crippen LogP contribution in [-0.2, 0) is 13.6 Å². The smallest absolute Gasteiger partial charge is 0.0597 e. The second-order valence-electron chi connectivity index (χ2n) is 5.32. The maximum Gasteiger partial charge on any atom is 0.0597 e. The molecule has 1 aliphatic heterocycles. The van der Waals surface area contributed by atoms with Crippen molar-refractivity contribution in [2.45, 2.75) is 32.4 Å². The number of hydrogen-bond donors (Lipinski definition) is 0. The van der Waals surface area contributed by atoms with E-state index in [2.05, 4.69) is 27.1 Å². The van der Waals surface area contributed by atoms with E-state index in [1.165, 1.54) is 24.1 Å². The quantitative estimate of drug-likeness (QED) is 0.846. The minimum absolute atomic E-state index is 0.504. The number of rotatable bonds is 3. The van der Waals surface area contributed by atoms with Crippen LogP contribution in [0.3, 0.4) is 0 Å². The molecule has 0 aromatic carbocycles. The van der Waals surface area contributed by atoms with Gasteiger partial charge < -0.3 is 0 Å². The van der Waals surface area contributed by atoms with Crippen LogP contribution in [-0.4, -0.2) is 26.2 Å². The summed E-state index contributed by atoms with van der Waals surface area (Å²) < 4.78 is 1.99. The predicted octanol–water partition coefficient (Wildman–Crippen LogP) is 2.46. The average molecular weight is 256 g/mol. The lowest BCUT2D eigenvalue weighted by Crippen LogP contribution is -2.24. The lowest BCUT2D eigenvalue weighted by atomic mass is 10.1. The zero-order valence-corrected chi connectivity index (χ0v) is 11.6. The maximum atomic E-state index is 4.43. The van der Waals surface area contributed by atoms with Crippen molar-refractivity contribution in [2.75, 3.05) is 6.54 Å². The lowest BCUT2D eigenvalue weighted by Gasteiger charge is -2.24. The van der Waals surface area contributed by atoms with Gasteiger partial charge in [0.2, 0.25) is 0 Å².